The normalized spacial score (nSPS) is 38.8. The fourth-order valence-electron chi connectivity index (χ4n) is 6.37. The highest BCUT2D eigenvalue weighted by molar-refractivity contribution is 5.91. The van der Waals surface area contributed by atoms with Gasteiger partial charge in [-0.2, -0.15) is 0 Å². The zero-order chi connectivity index (χ0) is 22.0. The summed E-state index contributed by atoms with van der Waals surface area (Å²) in [5.41, 5.74) is 0.427. The summed E-state index contributed by atoms with van der Waals surface area (Å²) >= 11 is 0. The second-order valence-electron chi connectivity index (χ2n) is 12.6. The quantitative estimate of drug-likeness (QED) is 0.485. The Kier molecular flexibility index (Phi) is 5.39. The molecule has 1 spiro atoms. The van der Waals surface area contributed by atoms with Gasteiger partial charge in [-0.15, -0.1) is 0 Å². The van der Waals surface area contributed by atoms with Crippen molar-refractivity contribution in [2.45, 2.75) is 110 Å². The maximum atomic E-state index is 13.2. The molecule has 172 valence electrons. The van der Waals surface area contributed by atoms with Crippen LogP contribution in [0.1, 0.15) is 86.5 Å². The summed E-state index contributed by atoms with van der Waals surface area (Å²) in [6.45, 7) is 15.0. The van der Waals surface area contributed by atoms with Crippen LogP contribution >= 0.6 is 0 Å². The van der Waals surface area contributed by atoms with Crippen molar-refractivity contribution in [3.05, 3.63) is 0 Å². The Labute approximate surface area is 183 Å². The maximum absolute atomic E-state index is 13.2. The number of unbranched alkanes of at least 4 members (excludes halogenated alkanes) is 1. The number of carbonyl (C=O) groups excluding carboxylic acids is 1. The molecule has 0 aliphatic heterocycles. The predicted octanol–water partition coefficient (Wildman–Crippen LogP) is 4.57. The van der Waals surface area contributed by atoms with Crippen molar-refractivity contribution >= 4 is 5.91 Å². The Morgan fingerprint density at radius 2 is 1.63 bits per heavy atom. The van der Waals surface area contributed by atoms with Gasteiger partial charge in [0.15, 0.2) is 0 Å². The average molecular weight is 422 g/mol. The highest BCUT2D eigenvalue weighted by atomic mass is 16.5. The smallest absolute Gasteiger partial charge is 0.229 e. The lowest BCUT2D eigenvalue weighted by atomic mass is 9.73. The minimum absolute atomic E-state index is 0.0401. The van der Waals surface area contributed by atoms with Crippen molar-refractivity contribution in [3.63, 3.8) is 0 Å². The Morgan fingerprint density at radius 3 is 2.23 bits per heavy atom. The summed E-state index contributed by atoms with van der Waals surface area (Å²) in [5, 5.41) is 0. The first-order valence-corrected chi connectivity index (χ1v) is 12.0. The van der Waals surface area contributed by atoms with E-state index < -0.39 is 0 Å². The van der Waals surface area contributed by atoms with Gasteiger partial charge in [0.05, 0.1) is 29.3 Å². The molecule has 0 bridgehead atoms. The molecule has 0 aromatic rings. The fraction of sp³-hybridized carbons (Fsp3) is 0.960. The summed E-state index contributed by atoms with van der Waals surface area (Å²) < 4.78 is 17.8. The van der Waals surface area contributed by atoms with Crippen LogP contribution in [0, 0.1) is 16.2 Å². The molecule has 30 heavy (non-hydrogen) atoms. The standard InChI is InChI=1S/C25H43NO4/c1-21(2,3)29-11-9-8-10-28-17-23-14-24(16-25(23,24)15-23)20(27)26(7)18-12-19(13-18)30-22(4,5)6/h18-19H,8-17H2,1-7H3. The largest absolute Gasteiger partial charge is 0.381 e. The molecular formula is C25H43NO4. The van der Waals surface area contributed by atoms with E-state index in [1.165, 1.54) is 6.42 Å². The zero-order valence-corrected chi connectivity index (χ0v) is 20.3. The summed E-state index contributed by atoms with van der Waals surface area (Å²) in [7, 11) is 2.01. The number of carbonyl (C=O) groups is 1. The number of ether oxygens (including phenoxy) is 3. The predicted molar refractivity (Wildman–Crippen MR) is 117 cm³/mol. The van der Waals surface area contributed by atoms with Crippen molar-refractivity contribution < 1.29 is 19.0 Å². The Balaban J connectivity index is 1.14. The summed E-state index contributed by atoms with van der Waals surface area (Å²) in [4.78, 5) is 15.3. The average Bonchev–Trinajstić information content (AvgIpc) is 3.34. The van der Waals surface area contributed by atoms with E-state index in [-0.39, 0.29) is 16.6 Å². The van der Waals surface area contributed by atoms with Crippen molar-refractivity contribution in [2.75, 3.05) is 26.9 Å². The lowest BCUT2D eigenvalue weighted by Crippen LogP contribution is -2.54. The van der Waals surface area contributed by atoms with Crippen LogP contribution in [0.2, 0.25) is 0 Å². The van der Waals surface area contributed by atoms with Crippen LogP contribution in [-0.4, -0.2) is 61.0 Å². The Hall–Kier alpha value is -0.650. The van der Waals surface area contributed by atoms with Crippen LogP contribution in [-0.2, 0) is 19.0 Å². The molecule has 0 radical (unpaired) electrons. The molecule has 0 aromatic carbocycles. The van der Waals surface area contributed by atoms with Crippen LogP contribution in [0.25, 0.3) is 0 Å². The number of amides is 1. The van der Waals surface area contributed by atoms with E-state index >= 15 is 0 Å². The van der Waals surface area contributed by atoms with Gasteiger partial charge in [0.2, 0.25) is 5.91 Å². The number of hydrogen-bond donors (Lipinski definition) is 0. The molecule has 0 N–H and O–H groups in total. The molecule has 4 saturated carbocycles. The highest BCUT2D eigenvalue weighted by Crippen LogP contribution is 3.00. The van der Waals surface area contributed by atoms with Crippen LogP contribution < -0.4 is 0 Å². The second-order valence-corrected chi connectivity index (χ2v) is 12.6. The molecule has 5 heteroatoms. The fourth-order valence-corrected chi connectivity index (χ4v) is 6.37. The third-order valence-corrected chi connectivity index (χ3v) is 8.03. The van der Waals surface area contributed by atoms with Gasteiger partial charge in [-0.25, -0.2) is 0 Å². The number of nitrogens with zero attached hydrogens (tertiary/aromatic N) is 1. The lowest BCUT2D eigenvalue weighted by Gasteiger charge is -2.45. The van der Waals surface area contributed by atoms with Gasteiger partial charge in [0, 0.05) is 31.7 Å². The van der Waals surface area contributed by atoms with E-state index in [4.69, 9.17) is 14.2 Å². The molecule has 4 aliphatic carbocycles. The van der Waals surface area contributed by atoms with Gasteiger partial charge in [-0.05, 0) is 91.9 Å². The van der Waals surface area contributed by atoms with Gasteiger partial charge in [0.25, 0.3) is 0 Å². The SMILES string of the molecule is CN(C(=O)C12CC3(COCCCCOC(C)(C)C)CC31C2)C1CC(OC(C)(C)C)C1. The van der Waals surface area contributed by atoms with Crippen LogP contribution in [0.3, 0.4) is 0 Å². The molecule has 4 fully saturated rings. The van der Waals surface area contributed by atoms with Crippen molar-refractivity contribution in [2.24, 2.45) is 16.2 Å². The molecule has 4 rings (SSSR count). The monoisotopic (exact) mass is 421 g/mol. The van der Waals surface area contributed by atoms with E-state index in [2.05, 4.69) is 46.4 Å². The van der Waals surface area contributed by atoms with Crippen LogP contribution in [0.5, 0.6) is 0 Å². The van der Waals surface area contributed by atoms with Crippen molar-refractivity contribution in [3.8, 4) is 0 Å². The number of hydrogen-bond acceptors (Lipinski definition) is 4. The van der Waals surface area contributed by atoms with E-state index in [0.29, 0.717) is 28.9 Å². The van der Waals surface area contributed by atoms with E-state index in [1.54, 1.807) is 0 Å². The van der Waals surface area contributed by atoms with Gasteiger partial charge in [0.1, 0.15) is 0 Å². The van der Waals surface area contributed by atoms with E-state index in [0.717, 1.165) is 58.3 Å². The first kappa shape index (κ1) is 22.5. The summed E-state index contributed by atoms with van der Waals surface area (Å²) in [6, 6.07) is 0.359. The van der Waals surface area contributed by atoms with Crippen molar-refractivity contribution in [1.82, 2.24) is 4.90 Å². The van der Waals surface area contributed by atoms with Gasteiger partial charge in [-0.1, -0.05) is 0 Å². The molecule has 4 aliphatic rings. The number of rotatable bonds is 10. The van der Waals surface area contributed by atoms with Gasteiger partial charge >= 0.3 is 0 Å². The zero-order valence-electron chi connectivity index (χ0n) is 20.3. The van der Waals surface area contributed by atoms with Crippen LogP contribution in [0.4, 0.5) is 0 Å². The van der Waals surface area contributed by atoms with E-state index in [1.807, 2.05) is 7.05 Å². The molecule has 0 saturated heterocycles. The minimum Gasteiger partial charge on any atom is -0.381 e. The van der Waals surface area contributed by atoms with Gasteiger partial charge in [-0.3, -0.25) is 4.79 Å². The Bertz CT molecular complexity index is 674. The molecule has 0 aromatic heterocycles. The molecular weight excluding hydrogens is 378 g/mol. The van der Waals surface area contributed by atoms with Crippen LogP contribution in [0.15, 0.2) is 0 Å². The first-order valence-electron chi connectivity index (χ1n) is 12.0. The Morgan fingerprint density at radius 1 is 0.967 bits per heavy atom. The molecule has 3 unspecified atom stereocenters. The maximum Gasteiger partial charge on any atom is 0.229 e. The molecule has 3 atom stereocenters. The topological polar surface area (TPSA) is 48.0 Å². The minimum atomic E-state index is -0.0986. The summed E-state index contributed by atoms with van der Waals surface area (Å²) in [5.74, 6) is 0.397. The molecule has 0 heterocycles. The second kappa shape index (κ2) is 7.18. The molecule has 5 nitrogen and oxygen atoms in total. The first-order chi connectivity index (χ1) is 13.8. The molecule has 1 amide bonds. The van der Waals surface area contributed by atoms with E-state index in [9.17, 15) is 4.79 Å². The third-order valence-electron chi connectivity index (χ3n) is 8.03. The lowest BCUT2D eigenvalue weighted by molar-refractivity contribution is -0.154. The third kappa shape index (κ3) is 3.84. The van der Waals surface area contributed by atoms with Gasteiger partial charge < -0.3 is 19.1 Å². The van der Waals surface area contributed by atoms with Crippen molar-refractivity contribution in [1.29, 1.82) is 0 Å². The highest BCUT2D eigenvalue weighted by Gasteiger charge is 2.98. The summed E-state index contributed by atoms with van der Waals surface area (Å²) in [6.07, 6.45) is 7.71.